The second kappa shape index (κ2) is 8.19. The van der Waals surface area contributed by atoms with Gasteiger partial charge in [0.2, 0.25) is 5.95 Å². The van der Waals surface area contributed by atoms with Crippen molar-refractivity contribution in [3.05, 3.63) is 40.7 Å². The molecular formula is C16H21N3O3. The minimum Gasteiger partial charge on any atom is -0.497 e. The molecule has 6 nitrogen and oxygen atoms in total. The Kier molecular flexibility index (Phi) is 5.97. The molecule has 0 saturated carbocycles. The molecule has 0 radical (unpaired) electrons. The van der Waals surface area contributed by atoms with Crippen LogP contribution in [0.5, 0.6) is 5.75 Å². The zero-order valence-corrected chi connectivity index (χ0v) is 12.9. The molecule has 0 saturated heterocycles. The Morgan fingerprint density at radius 2 is 2.05 bits per heavy atom. The van der Waals surface area contributed by atoms with E-state index in [4.69, 9.17) is 9.47 Å². The van der Waals surface area contributed by atoms with E-state index in [0.29, 0.717) is 31.4 Å². The summed E-state index contributed by atoms with van der Waals surface area (Å²) in [4.78, 5) is 18.9. The Morgan fingerprint density at radius 3 is 2.73 bits per heavy atom. The van der Waals surface area contributed by atoms with Crippen LogP contribution in [0.3, 0.4) is 0 Å². The van der Waals surface area contributed by atoms with Gasteiger partial charge >= 0.3 is 0 Å². The molecule has 1 aromatic heterocycles. The number of benzene rings is 1. The molecule has 0 aliphatic carbocycles. The lowest BCUT2D eigenvalue weighted by Gasteiger charge is -2.08. The summed E-state index contributed by atoms with van der Waals surface area (Å²) < 4.78 is 10.4. The highest BCUT2D eigenvalue weighted by Crippen LogP contribution is 2.20. The number of H-pyrrole nitrogens is 1. The third kappa shape index (κ3) is 4.60. The molecule has 0 fully saturated rings. The third-order valence-electron chi connectivity index (χ3n) is 3.09. The molecule has 0 aliphatic rings. The maximum atomic E-state index is 11.8. The van der Waals surface area contributed by atoms with Crippen LogP contribution in [0.25, 0.3) is 11.3 Å². The smallest absolute Gasteiger partial charge is 0.252 e. The molecule has 0 spiro atoms. The van der Waals surface area contributed by atoms with Crippen molar-refractivity contribution in [3.8, 4) is 17.0 Å². The minimum absolute atomic E-state index is 0.187. The van der Waals surface area contributed by atoms with E-state index >= 15 is 0 Å². The first-order valence-corrected chi connectivity index (χ1v) is 7.30. The average Bonchev–Trinajstić information content (AvgIpc) is 2.54. The molecule has 22 heavy (non-hydrogen) atoms. The molecule has 0 atom stereocenters. The maximum Gasteiger partial charge on any atom is 0.252 e. The Bertz CT molecular complexity index is 638. The highest BCUT2D eigenvalue weighted by atomic mass is 16.5. The second-order valence-electron chi connectivity index (χ2n) is 4.68. The fourth-order valence-corrected chi connectivity index (χ4v) is 1.98. The van der Waals surface area contributed by atoms with E-state index in [-0.39, 0.29) is 5.56 Å². The van der Waals surface area contributed by atoms with E-state index in [1.54, 1.807) is 7.11 Å². The van der Waals surface area contributed by atoms with Gasteiger partial charge in [0.05, 0.1) is 12.8 Å². The van der Waals surface area contributed by atoms with Crippen molar-refractivity contribution < 1.29 is 9.47 Å². The highest BCUT2D eigenvalue weighted by Gasteiger charge is 2.04. The first kappa shape index (κ1) is 16.0. The van der Waals surface area contributed by atoms with Crippen molar-refractivity contribution in [1.82, 2.24) is 9.97 Å². The summed E-state index contributed by atoms with van der Waals surface area (Å²) in [6.45, 7) is 4.05. The number of aromatic amines is 1. The third-order valence-corrected chi connectivity index (χ3v) is 3.09. The van der Waals surface area contributed by atoms with Crippen molar-refractivity contribution in [1.29, 1.82) is 0 Å². The monoisotopic (exact) mass is 303 g/mol. The SMILES string of the molecule is CCOCCCNc1nc(-c2ccc(OC)cc2)cc(=O)[nH]1. The van der Waals surface area contributed by atoms with E-state index in [9.17, 15) is 4.79 Å². The number of nitrogens with zero attached hydrogens (tertiary/aromatic N) is 1. The van der Waals surface area contributed by atoms with Crippen LogP contribution in [0.1, 0.15) is 13.3 Å². The first-order valence-electron chi connectivity index (χ1n) is 7.30. The minimum atomic E-state index is -0.187. The van der Waals surface area contributed by atoms with Crippen LogP contribution in [0.15, 0.2) is 35.1 Å². The lowest BCUT2D eigenvalue weighted by atomic mass is 10.1. The summed E-state index contributed by atoms with van der Waals surface area (Å²) >= 11 is 0. The van der Waals surface area contributed by atoms with Gasteiger partial charge in [0, 0.05) is 31.4 Å². The van der Waals surface area contributed by atoms with Gasteiger partial charge in [-0.3, -0.25) is 9.78 Å². The summed E-state index contributed by atoms with van der Waals surface area (Å²) in [6, 6.07) is 8.91. The lowest BCUT2D eigenvalue weighted by Crippen LogP contribution is -2.14. The van der Waals surface area contributed by atoms with Gasteiger partial charge in [0.15, 0.2) is 0 Å². The molecule has 2 N–H and O–H groups in total. The number of ether oxygens (including phenoxy) is 2. The zero-order valence-electron chi connectivity index (χ0n) is 12.9. The predicted octanol–water partition coefficient (Wildman–Crippen LogP) is 2.28. The molecule has 0 amide bonds. The van der Waals surface area contributed by atoms with Gasteiger partial charge in [-0.25, -0.2) is 4.98 Å². The van der Waals surface area contributed by atoms with Crippen LogP contribution in [-0.4, -0.2) is 36.8 Å². The fraction of sp³-hybridized carbons (Fsp3) is 0.375. The standard InChI is InChI=1S/C16H21N3O3/c1-3-22-10-4-9-17-16-18-14(11-15(20)19-16)12-5-7-13(21-2)8-6-12/h5-8,11H,3-4,9-10H2,1-2H3,(H2,17,18,19,20). The highest BCUT2D eigenvalue weighted by molar-refractivity contribution is 5.60. The molecule has 0 unspecified atom stereocenters. The Hall–Kier alpha value is -2.34. The normalized spacial score (nSPS) is 10.5. The van der Waals surface area contributed by atoms with Crippen molar-refractivity contribution >= 4 is 5.95 Å². The fourth-order valence-electron chi connectivity index (χ4n) is 1.98. The van der Waals surface area contributed by atoms with E-state index in [1.807, 2.05) is 31.2 Å². The molecule has 2 rings (SSSR count). The van der Waals surface area contributed by atoms with Crippen LogP contribution in [-0.2, 0) is 4.74 Å². The van der Waals surface area contributed by atoms with Crippen molar-refractivity contribution in [2.45, 2.75) is 13.3 Å². The molecule has 0 bridgehead atoms. The largest absolute Gasteiger partial charge is 0.497 e. The summed E-state index contributed by atoms with van der Waals surface area (Å²) in [5.41, 5.74) is 1.30. The van der Waals surface area contributed by atoms with Gasteiger partial charge < -0.3 is 14.8 Å². The Morgan fingerprint density at radius 1 is 1.27 bits per heavy atom. The summed E-state index contributed by atoms with van der Waals surface area (Å²) in [7, 11) is 1.62. The maximum absolute atomic E-state index is 11.8. The number of hydrogen-bond donors (Lipinski definition) is 2. The van der Waals surface area contributed by atoms with Crippen LogP contribution >= 0.6 is 0 Å². The number of rotatable bonds is 8. The van der Waals surface area contributed by atoms with Gasteiger partial charge in [0.25, 0.3) is 5.56 Å². The van der Waals surface area contributed by atoms with E-state index in [1.165, 1.54) is 6.07 Å². The second-order valence-corrected chi connectivity index (χ2v) is 4.68. The van der Waals surface area contributed by atoms with Gasteiger partial charge in [-0.15, -0.1) is 0 Å². The van der Waals surface area contributed by atoms with E-state index < -0.39 is 0 Å². The van der Waals surface area contributed by atoms with Gasteiger partial charge in [-0.1, -0.05) is 0 Å². The number of aromatic nitrogens is 2. The van der Waals surface area contributed by atoms with Crippen LogP contribution in [0.4, 0.5) is 5.95 Å². The number of hydrogen-bond acceptors (Lipinski definition) is 5. The molecule has 1 heterocycles. The Balaban J connectivity index is 2.07. The topological polar surface area (TPSA) is 76.2 Å². The lowest BCUT2D eigenvalue weighted by molar-refractivity contribution is 0.147. The zero-order chi connectivity index (χ0) is 15.8. The van der Waals surface area contributed by atoms with E-state index in [0.717, 1.165) is 17.7 Å². The van der Waals surface area contributed by atoms with Crippen LogP contribution < -0.4 is 15.6 Å². The summed E-state index contributed by atoms with van der Waals surface area (Å²) in [6.07, 6.45) is 0.852. The number of anilines is 1. The molecular weight excluding hydrogens is 282 g/mol. The molecule has 6 heteroatoms. The van der Waals surface area contributed by atoms with Gasteiger partial charge in [-0.2, -0.15) is 0 Å². The predicted molar refractivity (Wildman–Crippen MR) is 86.4 cm³/mol. The van der Waals surface area contributed by atoms with Crippen LogP contribution in [0.2, 0.25) is 0 Å². The molecule has 0 aliphatic heterocycles. The average molecular weight is 303 g/mol. The molecule has 1 aromatic carbocycles. The Labute approximate surface area is 129 Å². The number of methoxy groups -OCH3 is 1. The number of nitrogens with one attached hydrogen (secondary N) is 2. The van der Waals surface area contributed by atoms with Gasteiger partial charge in [0.1, 0.15) is 5.75 Å². The first-order chi connectivity index (χ1) is 10.7. The summed E-state index contributed by atoms with van der Waals surface area (Å²) in [5.74, 6) is 1.23. The van der Waals surface area contributed by atoms with Gasteiger partial charge in [-0.05, 0) is 37.6 Å². The van der Waals surface area contributed by atoms with Crippen LogP contribution in [0, 0.1) is 0 Å². The molecule has 118 valence electrons. The van der Waals surface area contributed by atoms with Crippen molar-refractivity contribution in [3.63, 3.8) is 0 Å². The van der Waals surface area contributed by atoms with E-state index in [2.05, 4.69) is 15.3 Å². The summed E-state index contributed by atoms with van der Waals surface area (Å²) in [5, 5.41) is 3.11. The molecule has 2 aromatic rings. The van der Waals surface area contributed by atoms with Crippen molar-refractivity contribution in [2.24, 2.45) is 0 Å². The van der Waals surface area contributed by atoms with Crippen molar-refractivity contribution in [2.75, 3.05) is 32.2 Å². The quantitative estimate of drug-likeness (QED) is 0.732.